The Morgan fingerprint density at radius 1 is 1.31 bits per heavy atom. The second-order valence-electron chi connectivity index (χ2n) is 3.22. The van der Waals surface area contributed by atoms with E-state index in [4.69, 9.17) is 0 Å². The molecular weight excluding hydrogens is 222 g/mol. The van der Waals surface area contributed by atoms with E-state index >= 15 is 0 Å². The maximum atomic E-state index is 11.8. The van der Waals surface area contributed by atoms with Gasteiger partial charge in [-0.05, 0) is 0 Å². The summed E-state index contributed by atoms with van der Waals surface area (Å²) in [4.78, 5) is 11.8. The van der Waals surface area contributed by atoms with E-state index in [0.717, 1.165) is 10.1 Å². The van der Waals surface area contributed by atoms with Gasteiger partial charge in [0.2, 0.25) is 5.13 Å². The van der Waals surface area contributed by atoms with Crippen LogP contribution in [-0.2, 0) is 6.42 Å². The van der Waals surface area contributed by atoms with Crippen molar-refractivity contribution in [1.29, 1.82) is 0 Å². The van der Waals surface area contributed by atoms with Gasteiger partial charge in [-0.1, -0.05) is 41.7 Å². The predicted molar refractivity (Wildman–Crippen MR) is 63.9 cm³/mol. The van der Waals surface area contributed by atoms with Crippen molar-refractivity contribution in [3.63, 3.8) is 0 Å². The normalized spacial score (nSPS) is 10.1. The van der Waals surface area contributed by atoms with Crippen LogP contribution in [0.4, 0.5) is 5.13 Å². The van der Waals surface area contributed by atoms with Gasteiger partial charge in [0.15, 0.2) is 5.78 Å². The number of rotatable bonds is 4. The highest BCUT2D eigenvalue weighted by Crippen LogP contribution is 2.16. The summed E-state index contributed by atoms with van der Waals surface area (Å²) in [6, 6.07) is 9.21. The number of hydrogen-bond donors (Lipinski definition) is 1. The maximum Gasteiger partial charge on any atom is 0.205 e. The van der Waals surface area contributed by atoms with Gasteiger partial charge in [0.1, 0.15) is 5.01 Å². The van der Waals surface area contributed by atoms with Gasteiger partial charge in [-0.3, -0.25) is 4.79 Å². The topological polar surface area (TPSA) is 54.9 Å². The third kappa shape index (κ3) is 2.43. The standard InChI is InChI=1S/C11H11N3OS/c1-12-11-14-13-10(16-11)7-9(15)8-5-3-2-4-6-8/h2-6H,7H2,1H3,(H,12,14). The van der Waals surface area contributed by atoms with E-state index in [1.165, 1.54) is 11.3 Å². The number of benzene rings is 1. The fourth-order valence-electron chi connectivity index (χ4n) is 1.29. The minimum absolute atomic E-state index is 0.0689. The summed E-state index contributed by atoms with van der Waals surface area (Å²) in [5.74, 6) is 0.0689. The van der Waals surface area contributed by atoms with E-state index < -0.39 is 0 Å². The Balaban J connectivity index is 2.08. The van der Waals surface area contributed by atoms with Gasteiger partial charge in [-0.15, -0.1) is 10.2 Å². The summed E-state index contributed by atoms with van der Waals surface area (Å²) in [6.45, 7) is 0. The molecule has 0 fully saturated rings. The van der Waals surface area contributed by atoms with Crippen LogP contribution >= 0.6 is 11.3 Å². The highest BCUT2D eigenvalue weighted by atomic mass is 32.1. The van der Waals surface area contributed by atoms with Crippen molar-refractivity contribution >= 4 is 22.3 Å². The van der Waals surface area contributed by atoms with Crippen molar-refractivity contribution in [3.05, 3.63) is 40.9 Å². The molecule has 0 saturated carbocycles. The maximum absolute atomic E-state index is 11.8. The Hall–Kier alpha value is -1.75. The van der Waals surface area contributed by atoms with Crippen molar-refractivity contribution < 1.29 is 4.79 Å². The van der Waals surface area contributed by atoms with E-state index in [1.807, 2.05) is 30.3 Å². The molecule has 0 atom stereocenters. The van der Waals surface area contributed by atoms with Crippen LogP contribution in [0.15, 0.2) is 30.3 Å². The Morgan fingerprint density at radius 3 is 2.69 bits per heavy atom. The molecule has 1 aromatic carbocycles. The first kappa shape index (κ1) is 10.8. The molecule has 1 N–H and O–H groups in total. The zero-order chi connectivity index (χ0) is 11.4. The number of hydrogen-bond acceptors (Lipinski definition) is 5. The van der Waals surface area contributed by atoms with Crippen LogP contribution in [0.25, 0.3) is 0 Å². The molecule has 0 bridgehead atoms. The largest absolute Gasteiger partial charge is 0.363 e. The van der Waals surface area contributed by atoms with Crippen molar-refractivity contribution in [2.45, 2.75) is 6.42 Å². The zero-order valence-corrected chi connectivity index (χ0v) is 9.62. The molecule has 0 amide bonds. The average Bonchev–Trinajstić information content (AvgIpc) is 2.78. The number of carbonyl (C=O) groups excluding carboxylic acids is 1. The Kier molecular flexibility index (Phi) is 3.26. The van der Waals surface area contributed by atoms with Crippen LogP contribution in [0.5, 0.6) is 0 Å². The van der Waals surface area contributed by atoms with Crippen LogP contribution in [0.1, 0.15) is 15.4 Å². The Bertz CT molecular complexity index is 481. The van der Waals surface area contributed by atoms with E-state index in [2.05, 4.69) is 15.5 Å². The Morgan fingerprint density at radius 2 is 2.06 bits per heavy atom. The number of anilines is 1. The molecule has 16 heavy (non-hydrogen) atoms. The molecule has 2 aromatic rings. The van der Waals surface area contributed by atoms with E-state index in [-0.39, 0.29) is 5.78 Å². The monoisotopic (exact) mass is 233 g/mol. The zero-order valence-electron chi connectivity index (χ0n) is 8.80. The van der Waals surface area contributed by atoms with Crippen molar-refractivity contribution in [2.75, 3.05) is 12.4 Å². The second-order valence-corrected chi connectivity index (χ2v) is 4.28. The molecule has 1 heterocycles. The summed E-state index contributed by atoms with van der Waals surface area (Å²) in [5.41, 5.74) is 0.712. The molecule has 0 saturated heterocycles. The molecule has 0 spiro atoms. The third-order valence-corrected chi connectivity index (χ3v) is 3.03. The first-order valence-electron chi connectivity index (χ1n) is 4.88. The highest BCUT2D eigenvalue weighted by Gasteiger charge is 2.10. The predicted octanol–water partition coefficient (Wildman–Crippen LogP) is 2.01. The van der Waals surface area contributed by atoms with Crippen LogP contribution in [0.3, 0.4) is 0 Å². The van der Waals surface area contributed by atoms with E-state index in [1.54, 1.807) is 7.05 Å². The van der Waals surface area contributed by atoms with Crippen LogP contribution in [-0.4, -0.2) is 23.0 Å². The molecule has 0 radical (unpaired) electrons. The van der Waals surface area contributed by atoms with E-state index in [9.17, 15) is 4.79 Å². The molecule has 1 aromatic heterocycles. The minimum atomic E-state index is 0.0689. The lowest BCUT2D eigenvalue weighted by molar-refractivity contribution is 0.0992. The smallest absolute Gasteiger partial charge is 0.205 e. The first-order chi connectivity index (χ1) is 7.79. The average molecular weight is 233 g/mol. The lowest BCUT2D eigenvalue weighted by Crippen LogP contribution is -2.02. The van der Waals surface area contributed by atoms with Gasteiger partial charge < -0.3 is 5.32 Å². The van der Waals surface area contributed by atoms with Crippen molar-refractivity contribution in [1.82, 2.24) is 10.2 Å². The number of nitrogens with zero attached hydrogens (tertiary/aromatic N) is 2. The van der Waals surface area contributed by atoms with Gasteiger partial charge in [0, 0.05) is 12.6 Å². The number of Topliss-reactive ketones (excluding diaryl/α,β-unsaturated/α-hetero) is 1. The summed E-state index contributed by atoms with van der Waals surface area (Å²) >= 11 is 1.40. The molecule has 4 nitrogen and oxygen atoms in total. The molecule has 5 heteroatoms. The van der Waals surface area contributed by atoms with E-state index in [0.29, 0.717) is 12.0 Å². The number of nitrogens with one attached hydrogen (secondary N) is 1. The molecule has 0 aliphatic heterocycles. The van der Waals surface area contributed by atoms with Crippen molar-refractivity contribution in [2.24, 2.45) is 0 Å². The van der Waals surface area contributed by atoms with Crippen LogP contribution < -0.4 is 5.32 Å². The summed E-state index contributed by atoms with van der Waals surface area (Å²) in [7, 11) is 1.78. The molecule has 0 aliphatic carbocycles. The first-order valence-corrected chi connectivity index (χ1v) is 5.69. The molecule has 0 aliphatic rings. The van der Waals surface area contributed by atoms with Gasteiger partial charge in [0.05, 0.1) is 6.42 Å². The SMILES string of the molecule is CNc1nnc(CC(=O)c2ccccc2)s1. The lowest BCUT2D eigenvalue weighted by atomic mass is 10.1. The summed E-state index contributed by atoms with van der Waals surface area (Å²) < 4.78 is 0. The minimum Gasteiger partial charge on any atom is -0.363 e. The summed E-state index contributed by atoms with van der Waals surface area (Å²) in [6.07, 6.45) is 0.309. The van der Waals surface area contributed by atoms with Gasteiger partial charge in [-0.25, -0.2) is 0 Å². The van der Waals surface area contributed by atoms with Crippen molar-refractivity contribution in [3.8, 4) is 0 Å². The summed E-state index contributed by atoms with van der Waals surface area (Å²) in [5, 5.41) is 12.2. The molecule has 82 valence electrons. The van der Waals surface area contributed by atoms with Gasteiger partial charge in [0.25, 0.3) is 0 Å². The molecule has 2 rings (SSSR count). The van der Waals surface area contributed by atoms with Gasteiger partial charge >= 0.3 is 0 Å². The van der Waals surface area contributed by atoms with Crippen LogP contribution in [0.2, 0.25) is 0 Å². The van der Waals surface area contributed by atoms with Crippen LogP contribution in [0, 0.1) is 0 Å². The fourth-order valence-corrected chi connectivity index (χ4v) is 1.98. The lowest BCUT2D eigenvalue weighted by Gasteiger charge is -1.96. The molecule has 0 unspecified atom stereocenters. The Labute approximate surface area is 97.3 Å². The quantitative estimate of drug-likeness (QED) is 0.821. The number of aromatic nitrogens is 2. The number of ketones is 1. The van der Waals surface area contributed by atoms with Gasteiger partial charge in [-0.2, -0.15) is 0 Å². The fraction of sp³-hybridized carbons (Fsp3) is 0.182. The highest BCUT2D eigenvalue weighted by molar-refractivity contribution is 7.15. The third-order valence-electron chi connectivity index (χ3n) is 2.09. The second kappa shape index (κ2) is 4.85. The molecular formula is C11H11N3OS. The number of carbonyl (C=O) groups is 1.